The Morgan fingerprint density at radius 1 is 1.17 bits per heavy atom. The lowest BCUT2D eigenvalue weighted by molar-refractivity contribution is 0.410. The van der Waals surface area contributed by atoms with Gasteiger partial charge in [0.15, 0.2) is 0 Å². The number of benzene rings is 1. The summed E-state index contributed by atoms with van der Waals surface area (Å²) >= 11 is 0. The fourth-order valence-corrected chi connectivity index (χ4v) is 1.47. The van der Waals surface area contributed by atoms with Gasteiger partial charge in [-0.25, -0.2) is 4.98 Å². The highest BCUT2D eigenvalue weighted by atomic mass is 16.5. The molecule has 2 aromatic rings. The van der Waals surface area contributed by atoms with E-state index in [9.17, 15) is 0 Å². The monoisotopic (exact) mass is 245 g/mol. The maximum atomic E-state index is 5.55. The van der Waals surface area contributed by atoms with Crippen molar-refractivity contribution in [3.63, 3.8) is 0 Å². The van der Waals surface area contributed by atoms with Gasteiger partial charge in [-0.3, -0.25) is 0 Å². The van der Waals surface area contributed by atoms with Crippen molar-refractivity contribution in [2.75, 3.05) is 7.11 Å². The normalized spacial score (nSPS) is 10.2. The van der Waals surface area contributed by atoms with Gasteiger partial charge in [0.1, 0.15) is 11.5 Å². The number of hydrogen-bond donors (Lipinski definition) is 1. The average molecular weight is 245 g/mol. The molecule has 0 bridgehead atoms. The highest BCUT2D eigenvalue weighted by Crippen LogP contribution is 2.21. The summed E-state index contributed by atoms with van der Waals surface area (Å²) in [5.41, 5.74) is 7.29. The summed E-state index contributed by atoms with van der Waals surface area (Å²) in [6, 6.07) is 7.55. The van der Waals surface area contributed by atoms with Crippen molar-refractivity contribution in [1.29, 1.82) is 0 Å². The summed E-state index contributed by atoms with van der Waals surface area (Å²) in [6.45, 7) is 2.30. The van der Waals surface area contributed by atoms with Gasteiger partial charge in [-0.1, -0.05) is 0 Å². The fourth-order valence-electron chi connectivity index (χ4n) is 1.47. The Bertz CT molecular complexity index is 526. The predicted octanol–water partition coefficient (Wildman–Crippen LogP) is 2.04. The molecule has 1 aromatic heterocycles. The molecular formula is C13H15N3O2. The smallest absolute Gasteiger partial charge is 0.322 e. The van der Waals surface area contributed by atoms with Crippen molar-refractivity contribution in [1.82, 2.24) is 9.97 Å². The number of hydrogen-bond acceptors (Lipinski definition) is 5. The van der Waals surface area contributed by atoms with Crippen LogP contribution in [0.15, 0.2) is 30.5 Å². The third-order valence-corrected chi connectivity index (χ3v) is 2.55. The van der Waals surface area contributed by atoms with Gasteiger partial charge < -0.3 is 15.2 Å². The Morgan fingerprint density at radius 2 is 1.83 bits per heavy atom. The van der Waals surface area contributed by atoms with Gasteiger partial charge in [0.25, 0.3) is 0 Å². The van der Waals surface area contributed by atoms with Crippen LogP contribution in [0.3, 0.4) is 0 Å². The van der Waals surface area contributed by atoms with Crippen molar-refractivity contribution in [2.45, 2.75) is 13.5 Å². The lowest BCUT2D eigenvalue weighted by Crippen LogP contribution is -2.03. The molecule has 5 nitrogen and oxygen atoms in total. The van der Waals surface area contributed by atoms with Gasteiger partial charge in [0.2, 0.25) is 0 Å². The van der Waals surface area contributed by atoms with Crippen molar-refractivity contribution < 1.29 is 9.47 Å². The summed E-state index contributed by atoms with van der Waals surface area (Å²) in [5, 5.41) is 0. The molecule has 0 radical (unpaired) electrons. The molecule has 0 unspecified atom stereocenters. The van der Waals surface area contributed by atoms with Crippen molar-refractivity contribution in [2.24, 2.45) is 5.73 Å². The standard InChI is InChI=1S/C13H15N3O2/c1-9-10(7-14)8-15-13(16-9)18-12-5-3-11(17-2)4-6-12/h3-6,8H,7,14H2,1-2H3. The van der Waals surface area contributed by atoms with Crippen LogP contribution in [-0.4, -0.2) is 17.1 Å². The summed E-state index contributed by atoms with van der Waals surface area (Å²) in [6.07, 6.45) is 1.68. The van der Waals surface area contributed by atoms with Gasteiger partial charge in [-0.05, 0) is 31.2 Å². The van der Waals surface area contributed by atoms with Gasteiger partial charge in [0.05, 0.1) is 7.11 Å². The zero-order valence-corrected chi connectivity index (χ0v) is 10.4. The molecule has 94 valence electrons. The third-order valence-electron chi connectivity index (χ3n) is 2.55. The minimum absolute atomic E-state index is 0.315. The lowest BCUT2D eigenvalue weighted by Gasteiger charge is -2.07. The number of aryl methyl sites for hydroxylation is 1. The van der Waals surface area contributed by atoms with E-state index in [2.05, 4.69) is 9.97 Å². The van der Waals surface area contributed by atoms with Crippen LogP contribution in [0, 0.1) is 6.92 Å². The van der Waals surface area contributed by atoms with Gasteiger partial charge >= 0.3 is 6.01 Å². The first-order chi connectivity index (χ1) is 8.72. The van der Waals surface area contributed by atoms with Crippen LogP contribution >= 0.6 is 0 Å². The molecule has 0 saturated carbocycles. The lowest BCUT2D eigenvalue weighted by atomic mass is 10.2. The van der Waals surface area contributed by atoms with Crippen molar-refractivity contribution >= 4 is 0 Å². The summed E-state index contributed by atoms with van der Waals surface area (Å²) in [5.74, 6) is 1.44. The first kappa shape index (κ1) is 12.3. The SMILES string of the molecule is COc1ccc(Oc2ncc(CN)c(C)n2)cc1. The van der Waals surface area contributed by atoms with E-state index in [1.807, 2.05) is 19.1 Å². The second-order valence-corrected chi connectivity index (χ2v) is 3.74. The second-order valence-electron chi connectivity index (χ2n) is 3.74. The first-order valence-corrected chi connectivity index (χ1v) is 5.57. The number of nitrogens with two attached hydrogens (primary N) is 1. The van der Waals surface area contributed by atoms with E-state index in [1.54, 1.807) is 25.4 Å². The second kappa shape index (κ2) is 5.46. The van der Waals surface area contributed by atoms with Crippen LogP contribution in [0.1, 0.15) is 11.3 Å². The number of methoxy groups -OCH3 is 1. The summed E-state index contributed by atoms with van der Waals surface area (Å²) in [4.78, 5) is 8.34. The molecule has 0 aliphatic carbocycles. The average Bonchev–Trinajstić information content (AvgIpc) is 2.40. The van der Waals surface area contributed by atoms with Crippen LogP contribution < -0.4 is 15.2 Å². The Kier molecular flexibility index (Phi) is 3.74. The van der Waals surface area contributed by atoms with E-state index in [4.69, 9.17) is 15.2 Å². The molecule has 1 aromatic carbocycles. The molecule has 0 spiro atoms. The number of ether oxygens (including phenoxy) is 2. The van der Waals surface area contributed by atoms with E-state index in [0.29, 0.717) is 18.3 Å². The minimum Gasteiger partial charge on any atom is -0.497 e. The van der Waals surface area contributed by atoms with E-state index in [0.717, 1.165) is 17.0 Å². The molecular weight excluding hydrogens is 230 g/mol. The highest BCUT2D eigenvalue weighted by molar-refractivity contribution is 5.32. The van der Waals surface area contributed by atoms with Gasteiger partial charge in [0, 0.05) is 24.0 Å². The van der Waals surface area contributed by atoms with Gasteiger partial charge in [-0.15, -0.1) is 0 Å². The van der Waals surface area contributed by atoms with Crippen molar-refractivity contribution in [3.8, 4) is 17.5 Å². The predicted molar refractivity (Wildman–Crippen MR) is 67.7 cm³/mol. The van der Waals surface area contributed by atoms with Crippen LogP contribution in [0.2, 0.25) is 0 Å². The molecule has 0 aliphatic heterocycles. The molecule has 1 heterocycles. The van der Waals surface area contributed by atoms with E-state index < -0.39 is 0 Å². The van der Waals surface area contributed by atoms with Crippen molar-refractivity contribution in [3.05, 3.63) is 41.7 Å². The summed E-state index contributed by atoms with van der Waals surface area (Å²) in [7, 11) is 1.62. The van der Waals surface area contributed by atoms with E-state index in [1.165, 1.54) is 0 Å². The molecule has 0 aliphatic rings. The molecule has 0 saturated heterocycles. The number of aromatic nitrogens is 2. The molecule has 18 heavy (non-hydrogen) atoms. The number of rotatable bonds is 4. The maximum Gasteiger partial charge on any atom is 0.322 e. The minimum atomic E-state index is 0.315. The Labute approximate surface area is 106 Å². The molecule has 2 rings (SSSR count). The first-order valence-electron chi connectivity index (χ1n) is 5.57. The van der Waals surface area contributed by atoms with Crippen LogP contribution in [-0.2, 0) is 6.54 Å². The maximum absolute atomic E-state index is 5.55. The van der Waals surface area contributed by atoms with Gasteiger partial charge in [-0.2, -0.15) is 4.98 Å². The van der Waals surface area contributed by atoms with E-state index >= 15 is 0 Å². The molecule has 2 N–H and O–H groups in total. The van der Waals surface area contributed by atoms with Crippen LogP contribution in [0.5, 0.6) is 17.5 Å². The Hall–Kier alpha value is -2.14. The summed E-state index contributed by atoms with van der Waals surface area (Å²) < 4.78 is 10.6. The fraction of sp³-hybridized carbons (Fsp3) is 0.231. The molecule has 5 heteroatoms. The molecule has 0 amide bonds. The topological polar surface area (TPSA) is 70.3 Å². The largest absolute Gasteiger partial charge is 0.497 e. The van der Waals surface area contributed by atoms with Crippen LogP contribution in [0.25, 0.3) is 0 Å². The Balaban J connectivity index is 2.15. The zero-order valence-electron chi connectivity index (χ0n) is 10.4. The molecule has 0 fully saturated rings. The number of nitrogens with zero attached hydrogens (tertiary/aromatic N) is 2. The third kappa shape index (κ3) is 2.75. The Morgan fingerprint density at radius 3 is 2.39 bits per heavy atom. The zero-order chi connectivity index (χ0) is 13.0. The van der Waals surface area contributed by atoms with E-state index in [-0.39, 0.29) is 0 Å². The molecule has 0 atom stereocenters. The quantitative estimate of drug-likeness (QED) is 0.892. The van der Waals surface area contributed by atoms with Crippen LogP contribution in [0.4, 0.5) is 0 Å². The highest BCUT2D eigenvalue weighted by Gasteiger charge is 2.04.